The molecule has 37 heavy (non-hydrogen) atoms. The van der Waals surface area contributed by atoms with Crippen molar-refractivity contribution >= 4 is 22.8 Å². The summed E-state index contributed by atoms with van der Waals surface area (Å²) in [6.07, 6.45) is 1.30. The van der Waals surface area contributed by atoms with Gasteiger partial charge in [-0.15, -0.1) is 0 Å². The molecule has 2 heterocycles. The van der Waals surface area contributed by atoms with Crippen LogP contribution in [0, 0.1) is 11.2 Å². The van der Waals surface area contributed by atoms with Crippen molar-refractivity contribution in [2.75, 3.05) is 26.8 Å². The molecule has 2 aliphatic rings. The molecular weight excluding hydrogens is 512 g/mol. The molecule has 198 valence electrons. The first-order chi connectivity index (χ1) is 17.4. The second kappa shape index (κ2) is 9.99. The second-order valence-electron chi connectivity index (χ2n) is 9.08. The SMILES string of the molecule is C=N/C(=C\C=C(/C)S(=O)(=O)N1CCC2=Cc3c(cnn3-c3ccc(F)cc3)C[C@]2(COC)C1)C(F)(F)F. The van der Waals surface area contributed by atoms with Crippen molar-refractivity contribution in [2.45, 2.75) is 25.9 Å². The van der Waals surface area contributed by atoms with Crippen molar-refractivity contribution < 1.29 is 30.7 Å². The highest BCUT2D eigenvalue weighted by Crippen LogP contribution is 2.45. The van der Waals surface area contributed by atoms with E-state index in [0.717, 1.165) is 22.9 Å². The van der Waals surface area contributed by atoms with E-state index in [1.807, 2.05) is 6.08 Å². The van der Waals surface area contributed by atoms with Crippen LogP contribution in [-0.2, 0) is 21.2 Å². The van der Waals surface area contributed by atoms with Crippen LogP contribution in [0.1, 0.15) is 24.6 Å². The molecule has 1 saturated heterocycles. The minimum Gasteiger partial charge on any atom is -0.384 e. The van der Waals surface area contributed by atoms with E-state index in [-0.39, 0.29) is 30.4 Å². The van der Waals surface area contributed by atoms with Crippen LogP contribution in [0.3, 0.4) is 0 Å². The number of halogens is 4. The number of rotatable bonds is 7. The lowest BCUT2D eigenvalue weighted by atomic mass is 9.69. The van der Waals surface area contributed by atoms with Gasteiger partial charge in [-0.2, -0.15) is 22.6 Å². The van der Waals surface area contributed by atoms with Crippen molar-refractivity contribution in [2.24, 2.45) is 10.4 Å². The largest absolute Gasteiger partial charge is 0.433 e. The van der Waals surface area contributed by atoms with E-state index in [1.165, 1.54) is 30.5 Å². The maximum Gasteiger partial charge on any atom is 0.433 e. The van der Waals surface area contributed by atoms with Gasteiger partial charge in [0.25, 0.3) is 0 Å². The van der Waals surface area contributed by atoms with Crippen molar-refractivity contribution in [1.82, 2.24) is 14.1 Å². The van der Waals surface area contributed by atoms with Crippen molar-refractivity contribution in [1.29, 1.82) is 0 Å². The third-order valence-electron chi connectivity index (χ3n) is 6.69. The summed E-state index contributed by atoms with van der Waals surface area (Å²) < 4.78 is 87.4. The Morgan fingerprint density at radius 1 is 1.27 bits per heavy atom. The van der Waals surface area contributed by atoms with Crippen LogP contribution < -0.4 is 0 Å². The monoisotopic (exact) mass is 538 g/mol. The van der Waals surface area contributed by atoms with E-state index < -0.39 is 27.3 Å². The lowest BCUT2D eigenvalue weighted by molar-refractivity contribution is -0.0922. The molecule has 1 aliphatic carbocycles. The predicted octanol–water partition coefficient (Wildman–Crippen LogP) is 4.67. The van der Waals surface area contributed by atoms with E-state index in [2.05, 4.69) is 16.8 Å². The highest BCUT2D eigenvalue weighted by molar-refractivity contribution is 7.93. The summed E-state index contributed by atoms with van der Waals surface area (Å²) in [6, 6.07) is 5.96. The van der Waals surface area contributed by atoms with E-state index in [4.69, 9.17) is 4.74 Å². The fraction of sp³-hybridized carbons (Fsp3) is 0.360. The minimum atomic E-state index is -4.74. The molecule has 12 heteroatoms. The molecular formula is C25H26F4N4O3S. The third-order valence-corrected chi connectivity index (χ3v) is 8.63. The number of hydrogen-bond acceptors (Lipinski definition) is 5. The smallest absolute Gasteiger partial charge is 0.384 e. The molecule has 0 saturated carbocycles. The van der Waals surface area contributed by atoms with E-state index in [9.17, 15) is 26.0 Å². The Kier molecular flexibility index (Phi) is 7.28. The molecule has 0 amide bonds. The van der Waals surface area contributed by atoms with Gasteiger partial charge >= 0.3 is 6.18 Å². The maximum atomic E-state index is 13.4. The van der Waals surface area contributed by atoms with Gasteiger partial charge in [0, 0.05) is 25.6 Å². The number of ether oxygens (including phenoxy) is 1. The summed E-state index contributed by atoms with van der Waals surface area (Å²) in [6.45, 7) is 4.65. The third kappa shape index (κ3) is 5.18. The van der Waals surface area contributed by atoms with Crippen molar-refractivity contribution in [3.63, 3.8) is 0 Å². The Morgan fingerprint density at radius 2 is 1.97 bits per heavy atom. The molecule has 1 fully saturated rings. The van der Waals surface area contributed by atoms with Crippen LogP contribution in [-0.4, -0.2) is 62.2 Å². The fourth-order valence-corrected chi connectivity index (χ4v) is 6.21. The first-order valence-electron chi connectivity index (χ1n) is 11.4. The van der Waals surface area contributed by atoms with E-state index >= 15 is 0 Å². The van der Waals surface area contributed by atoms with Gasteiger partial charge in [-0.1, -0.05) is 5.57 Å². The Bertz CT molecular complexity index is 1390. The Hall–Kier alpha value is -3.09. The molecule has 1 aromatic carbocycles. The lowest BCUT2D eigenvalue weighted by Crippen LogP contribution is -2.51. The number of piperidine rings is 1. The Labute approximate surface area is 212 Å². The lowest BCUT2D eigenvalue weighted by Gasteiger charge is -2.45. The standard InChI is InChI=1S/C25H26F4N4O3S/c1-17(4-9-23(30-2)25(27,28)29)37(34,35)32-11-10-19-12-22-18(13-24(19,15-32)16-36-3)14-31-33(22)21-7-5-20(26)6-8-21/h4-9,12,14H,2,10-11,13,15-16H2,1,3H3/b17-4+,23-9-/t24-/m1/s1. The average molecular weight is 539 g/mol. The molecule has 4 rings (SSSR count). The van der Waals surface area contributed by atoms with Gasteiger partial charge in [-0.25, -0.2) is 17.5 Å². The normalized spacial score (nSPS) is 21.3. The van der Waals surface area contributed by atoms with Crippen LogP contribution in [0.5, 0.6) is 0 Å². The predicted molar refractivity (Wildman–Crippen MR) is 132 cm³/mol. The first kappa shape index (κ1) is 27.0. The molecule has 7 nitrogen and oxygen atoms in total. The van der Waals surface area contributed by atoms with Gasteiger partial charge in [-0.3, -0.25) is 4.99 Å². The maximum absolute atomic E-state index is 13.4. The molecule has 0 bridgehead atoms. The van der Waals surface area contributed by atoms with E-state index in [0.29, 0.717) is 24.6 Å². The molecule has 0 radical (unpaired) electrons. The van der Waals surface area contributed by atoms with Crippen LogP contribution in [0.15, 0.2) is 63.8 Å². The van der Waals surface area contributed by atoms with Gasteiger partial charge in [0.05, 0.1) is 29.1 Å². The quantitative estimate of drug-likeness (QED) is 0.292. The molecule has 0 spiro atoms. The molecule has 1 aromatic heterocycles. The van der Waals surface area contributed by atoms with Gasteiger partial charge in [-0.05, 0) is 74.5 Å². The zero-order chi connectivity index (χ0) is 27.0. The second-order valence-corrected chi connectivity index (χ2v) is 11.2. The van der Waals surface area contributed by atoms with Crippen molar-refractivity contribution in [3.05, 3.63) is 75.9 Å². The van der Waals surface area contributed by atoms with Gasteiger partial charge in [0.2, 0.25) is 10.0 Å². The number of nitrogens with zero attached hydrogens (tertiary/aromatic N) is 4. The summed E-state index contributed by atoms with van der Waals surface area (Å²) in [7, 11) is -2.52. The first-order valence-corrected chi connectivity index (χ1v) is 12.8. The van der Waals surface area contributed by atoms with Crippen LogP contribution >= 0.6 is 0 Å². The number of aromatic nitrogens is 2. The van der Waals surface area contributed by atoms with Crippen molar-refractivity contribution in [3.8, 4) is 5.69 Å². The topological polar surface area (TPSA) is 76.8 Å². The van der Waals surface area contributed by atoms with Gasteiger partial charge < -0.3 is 4.74 Å². The zero-order valence-corrected chi connectivity index (χ0v) is 21.1. The highest BCUT2D eigenvalue weighted by atomic mass is 32.2. The molecule has 1 atom stereocenters. The number of sulfonamides is 1. The number of methoxy groups -OCH3 is 1. The summed E-state index contributed by atoms with van der Waals surface area (Å²) in [4.78, 5) is 2.71. The molecule has 2 aromatic rings. The summed E-state index contributed by atoms with van der Waals surface area (Å²) in [5.74, 6) is -0.356. The molecule has 0 N–H and O–H groups in total. The molecule has 0 unspecified atom stereocenters. The zero-order valence-electron chi connectivity index (χ0n) is 20.3. The summed E-state index contributed by atoms with van der Waals surface area (Å²) in [5.41, 5.74) is 1.46. The van der Waals surface area contributed by atoms with Crippen LogP contribution in [0.2, 0.25) is 0 Å². The number of alkyl halides is 3. The Balaban J connectivity index is 1.65. The number of benzene rings is 1. The molecule has 1 aliphatic heterocycles. The number of aliphatic imine (C=N–C) groups is 1. The number of allylic oxidation sites excluding steroid dienone is 4. The number of hydrogen-bond donors (Lipinski definition) is 0. The Morgan fingerprint density at radius 3 is 2.59 bits per heavy atom. The average Bonchev–Trinajstić information content (AvgIpc) is 3.24. The van der Waals surface area contributed by atoms with Crippen LogP contribution in [0.4, 0.5) is 17.6 Å². The fourth-order valence-electron chi connectivity index (χ4n) is 4.82. The summed E-state index contributed by atoms with van der Waals surface area (Å²) in [5, 5.41) is 4.47. The van der Waals surface area contributed by atoms with E-state index in [1.54, 1.807) is 23.0 Å². The summed E-state index contributed by atoms with van der Waals surface area (Å²) >= 11 is 0. The minimum absolute atomic E-state index is 0.0942. The highest BCUT2D eigenvalue weighted by Gasteiger charge is 2.46. The van der Waals surface area contributed by atoms with Gasteiger partial charge in [0.15, 0.2) is 0 Å². The van der Waals surface area contributed by atoms with Gasteiger partial charge in [0.1, 0.15) is 11.5 Å². The number of fused-ring (bicyclic) bond motifs is 2. The van der Waals surface area contributed by atoms with Crippen LogP contribution in [0.25, 0.3) is 11.8 Å².